The Morgan fingerprint density at radius 2 is 0.962 bits per heavy atom. The standard InChI is InChI=1S/2C8H9NO3.C2H4/c2*10-8(11)7(9-12)6-4-2-1-3-5-6;1-2/h2*1-5,7,9,12H,(H,10,11);1-2H2. The molecule has 2 aromatic rings. The van der Waals surface area contributed by atoms with Crippen molar-refractivity contribution in [2.24, 2.45) is 0 Å². The Morgan fingerprint density at radius 3 is 1.15 bits per heavy atom. The maximum absolute atomic E-state index is 10.5. The molecule has 0 spiro atoms. The number of benzene rings is 2. The van der Waals surface area contributed by atoms with E-state index in [1.165, 1.54) is 0 Å². The predicted molar refractivity (Wildman–Crippen MR) is 94.7 cm³/mol. The smallest absolute Gasteiger partial charge is 0.327 e. The Balaban J connectivity index is 0.000000439. The van der Waals surface area contributed by atoms with Crippen LogP contribution in [0.1, 0.15) is 23.2 Å². The second kappa shape index (κ2) is 13.3. The monoisotopic (exact) mass is 362 g/mol. The molecule has 0 radical (unpaired) electrons. The minimum Gasteiger partial charge on any atom is -0.480 e. The minimum absolute atomic E-state index is 0.521. The van der Waals surface area contributed by atoms with E-state index in [0.717, 1.165) is 0 Å². The number of carboxylic acids is 2. The number of hydrogen-bond donors (Lipinski definition) is 6. The van der Waals surface area contributed by atoms with Gasteiger partial charge < -0.3 is 20.6 Å². The fourth-order valence-electron chi connectivity index (χ4n) is 1.84. The van der Waals surface area contributed by atoms with Crippen molar-refractivity contribution in [1.29, 1.82) is 0 Å². The van der Waals surface area contributed by atoms with E-state index in [9.17, 15) is 9.59 Å². The molecule has 8 nitrogen and oxygen atoms in total. The highest BCUT2D eigenvalue weighted by Gasteiger charge is 2.18. The van der Waals surface area contributed by atoms with E-state index in [0.29, 0.717) is 11.1 Å². The molecule has 2 atom stereocenters. The molecule has 2 rings (SSSR count). The highest BCUT2D eigenvalue weighted by Crippen LogP contribution is 2.11. The molecule has 26 heavy (non-hydrogen) atoms. The zero-order chi connectivity index (χ0) is 19.9. The first-order chi connectivity index (χ1) is 12.5. The Hall–Kier alpha value is -3.04. The lowest BCUT2D eigenvalue weighted by Gasteiger charge is -2.08. The Kier molecular flexibility index (Phi) is 11.7. The number of rotatable bonds is 6. The maximum atomic E-state index is 10.5. The molecule has 0 bridgehead atoms. The van der Waals surface area contributed by atoms with Crippen molar-refractivity contribution in [2.75, 3.05) is 0 Å². The van der Waals surface area contributed by atoms with Crippen molar-refractivity contribution in [2.45, 2.75) is 12.1 Å². The van der Waals surface area contributed by atoms with Crippen LogP contribution in [-0.4, -0.2) is 32.6 Å². The summed E-state index contributed by atoms with van der Waals surface area (Å²) >= 11 is 0. The molecule has 2 unspecified atom stereocenters. The number of carbonyl (C=O) groups is 2. The predicted octanol–water partition coefficient (Wildman–Crippen LogP) is 2.38. The summed E-state index contributed by atoms with van der Waals surface area (Å²) in [5.41, 5.74) is 4.48. The van der Waals surface area contributed by atoms with Crippen molar-refractivity contribution in [3.63, 3.8) is 0 Å². The van der Waals surface area contributed by atoms with E-state index >= 15 is 0 Å². The lowest BCUT2D eigenvalue weighted by Crippen LogP contribution is -2.25. The van der Waals surface area contributed by atoms with Crippen LogP contribution in [0.4, 0.5) is 0 Å². The first kappa shape index (κ1) is 23.0. The summed E-state index contributed by atoms with van der Waals surface area (Å²) in [6, 6.07) is 14.8. The lowest BCUT2D eigenvalue weighted by molar-refractivity contribution is -0.143. The van der Waals surface area contributed by atoms with Gasteiger partial charge in [0.05, 0.1) is 0 Å². The van der Waals surface area contributed by atoms with Gasteiger partial charge in [0, 0.05) is 0 Å². The van der Waals surface area contributed by atoms with Gasteiger partial charge in [0.25, 0.3) is 0 Å². The van der Waals surface area contributed by atoms with Crippen LogP contribution >= 0.6 is 0 Å². The molecular formula is C18H22N2O6. The number of nitrogens with one attached hydrogen (secondary N) is 2. The van der Waals surface area contributed by atoms with Crippen molar-refractivity contribution in [3.05, 3.63) is 84.9 Å². The van der Waals surface area contributed by atoms with Crippen LogP contribution in [0.2, 0.25) is 0 Å². The van der Waals surface area contributed by atoms with Crippen molar-refractivity contribution in [1.82, 2.24) is 11.0 Å². The molecule has 0 saturated heterocycles. The summed E-state index contributed by atoms with van der Waals surface area (Å²) in [7, 11) is 0. The van der Waals surface area contributed by atoms with Crippen molar-refractivity contribution >= 4 is 11.9 Å². The summed E-state index contributed by atoms with van der Waals surface area (Å²) in [6.45, 7) is 6.00. The third kappa shape index (κ3) is 7.69. The average molecular weight is 362 g/mol. The second-order valence-corrected chi connectivity index (χ2v) is 4.62. The molecule has 8 heteroatoms. The van der Waals surface area contributed by atoms with Crippen LogP contribution < -0.4 is 11.0 Å². The van der Waals surface area contributed by atoms with Crippen LogP contribution in [-0.2, 0) is 9.59 Å². The summed E-state index contributed by atoms with van der Waals surface area (Å²) < 4.78 is 0. The van der Waals surface area contributed by atoms with Crippen LogP contribution in [0.5, 0.6) is 0 Å². The van der Waals surface area contributed by atoms with E-state index in [1.807, 2.05) is 0 Å². The van der Waals surface area contributed by atoms with Gasteiger partial charge in [-0.1, -0.05) is 60.7 Å². The van der Waals surface area contributed by atoms with Gasteiger partial charge in [-0.25, -0.2) is 0 Å². The largest absolute Gasteiger partial charge is 0.480 e. The highest BCUT2D eigenvalue weighted by atomic mass is 16.5. The first-order valence-electron chi connectivity index (χ1n) is 7.36. The quantitative estimate of drug-likeness (QED) is 0.340. The Labute approximate surface area is 151 Å². The number of hydroxylamine groups is 2. The maximum Gasteiger partial charge on any atom is 0.327 e. The van der Waals surface area contributed by atoms with E-state index in [4.69, 9.17) is 20.6 Å². The van der Waals surface area contributed by atoms with Crippen molar-refractivity contribution < 1.29 is 30.2 Å². The molecule has 140 valence electrons. The number of aliphatic carboxylic acids is 2. The molecule has 2 aromatic carbocycles. The molecular weight excluding hydrogens is 340 g/mol. The second-order valence-electron chi connectivity index (χ2n) is 4.62. The van der Waals surface area contributed by atoms with E-state index in [2.05, 4.69) is 13.2 Å². The highest BCUT2D eigenvalue weighted by molar-refractivity contribution is 5.75. The molecule has 6 N–H and O–H groups in total. The molecule has 0 aromatic heterocycles. The Morgan fingerprint density at radius 1 is 0.692 bits per heavy atom. The van der Waals surface area contributed by atoms with Gasteiger partial charge in [0.2, 0.25) is 0 Å². The van der Waals surface area contributed by atoms with Crippen molar-refractivity contribution in [3.8, 4) is 0 Å². The average Bonchev–Trinajstić information content (AvgIpc) is 2.66. The molecule has 0 aliphatic heterocycles. The van der Waals surface area contributed by atoms with Crippen LogP contribution in [0, 0.1) is 0 Å². The SMILES string of the molecule is C=C.O=C(O)C(NO)c1ccccc1.O=C(O)C(NO)c1ccccc1. The third-order valence-corrected chi connectivity index (χ3v) is 3.02. The van der Waals surface area contributed by atoms with Gasteiger partial charge in [-0.3, -0.25) is 9.59 Å². The van der Waals surface area contributed by atoms with Crippen LogP contribution in [0.3, 0.4) is 0 Å². The van der Waals surface area contributed by atoms with Crippen LogP contribution in [0.25, 0.3) is 0 Å². The summed E-state index contributed by atoms with van der Waals surface area (Å²) in [5, 5.41) is 34.2. The summed E-state index contributed by atoms with van der Waals surface area (Å²) in [6.07, 6.45) is 0. The van der Waals surface area contributed by atoms with Gasteiger partial charge in [0.15, 0.2) is 12.1 Å². The molecule has 0 aliphatic carbocycles. The van der Waals surface area contributed by atoms with Gasteiger partial charge in [-0.15, -0.1) is 13.2 Å². The van der Waals surface area contributed by atoms with Crippen LogP contribution in [0.15, 0.2) is 73.8 Å². The molecule has 0 saturated carbocycles. The fraction of sp³-hybridized carbons (Fsp3) is 0.111. The zero-order valence-corrected chi connectivity index (χ0v) is 13.9. The fourth-order valence-corrected chi connectivity index (χ4v) is 1.84. The summed E-state index contributed by atoms with van der Waals surface area (Å²) in [5.74, 6) is -2.22. The lowest BCUT2D eigenvalue weighted by atomic mass is 10.1. The molecule has 0 aliphatic rings. The molecule has 0 amide bonds. The van der Waals surface area contributed by atoms with E-state index in [1.54, 1.807) is 71.6 Å². The minimum atomic E-state index is -1.11. The number of carboxylic acid groups (broad SMARTS) is 2. The third-order valence-electron chi connectivity index (χ3n) is 3.02. The van der Waals surface area contributed by atoms with E-state index < -0.39 is 24.0 Å². The first-order valence-corrected chi connectivity index (χ1v) is 7.36. The van der Waals surface area contributed by atoms with Gasteiger partial charge in [0.1, 0.15) is 0 Å². The normalized spacial score (nSPS) is 11.6. The van der Waals surface area contributed by atoms with Gasteiger partial charge in [-0.2, -0.15) is 11.0 Å². The molecule has 0 fully saturated rings. The van der Waals surface area contributed by atoms with Gasteiger partial charge >= 0.3 is 11.9 Å². The van der Waals surface area contributed by atoms with Gasteiger partial charge in [-0.05, 0) is 11.1 Å². The Bertz CT molecular complexity index is 594. The van der Waals surface area contributed by atoms with E-state index in [-0.39, 0.29) is 0 Å². The zero-order valence-electron chi connectivity index (χ0n) is 13.9. The number of hydrogen-bond acceptors (Lipinski definition) is 6. The molecule has 0 heterocycles. The summed E-state index contributed by atoms with van der Waals surface area (Å²) in [4.78, 5) is 21.0. The topological polar surface area (TPSA) is 139 Å².